The zero-order valence-electron chi connectivity index (χ0n) is 16.5. The predicted octanol–water partition coefficient (Wildman–Crippen LogP) is 4.77. The fourth-order valence-electron chi connectivity index (χ4n) is 3.43. The Hall–Kier alpha value is -2.90. The molecule has 3 aromatic rings. The third kappa shape index (κ3) is 4.17. The SMILES string of the molecule is COc1ccc(N2C[C@H](C(=O)Nc3nc(-c4ccc(Cl)cc4)c(C)s3)CC2=O)cc1. The van der Waals surface area contributed by atoms with Gasteiger partial charge in [0.2, 0.25) is 11.8 Å². The lowest BCUT2D eigenvalue weighted by Gasteiger charge is -2.16. The molecule has 0 radical (unpaired) electrons. The second kappa shape index (κ2) is 8.45. The Labute approximate surface area is 183 Å². The van der Waals surface area contributed by atoms with E-state index in [0.29, 0.717) is 16.7 Å². The number of hydrogen-bond acceptors (Lipinski definition) is 5. The van der Waals surface area contributed by atoms with Gasteiger partial charge in [-0.25, -0.2) is 4.98 Å². The number of carbonyl (C=O) groups excluding carboxylic acids is 2. The summed E-state index contributed by atoms with van der Waals surface area (Å²) in [4.78, 5) is 32.4. The molecule has 1 aromatic heterocycles. The molecule has 0 aliphatic carbocycles. The highest BCUT2D eigenvalue weighted by molar-refractivity contribution is 7.16. The first-order valence-electron chi connectivity index (χ1n) is 9.43. The first-order chi connectivity index (χ1) is 14.4. The molecule has 1 atom stereocenters. The molecule has 0 saturated carbocycles. The first kappa shape index (κ1) is 20.4. The Balaban J connectivity index is 1.45. The topological polar surface area (TPSA) is 71.5 Å². The summed E-state index contributed by atoms with van der Waals surface area (Å²) in [7, 11) is 1.59. The van der Waals surface area contributed by atoms with Crippen molar-refractivity contribution in [1.29, 1.82) is 0 Å². The average Bonchev–Trinajstić information content (AvgIpc) is 3.31. The maximum atomic E-state index is 12.8. The Kier molecular flexibility index (Phi) is 5.74. The van der Waals surface area contributed by atoms with Crippen molar-refractivity contribution < 1.29 is 14.3 Å². The van der Waals surface area contributed by atoms with Crippen LogP contribution in [0.1, 0.15) is 11.3 Å². The van der Waals surface area contributed by atoms with E-state index < -0.39 is 5.92 Å². The van der Waals surface area contributed by atoms with E-state index in [2.05, 4.69) is 10.3 Å². The molecule has 154 valence electrons. The zero-order chi connectivity index (χ0) is 21.3. The Morgan fingerprint density at radius 3 is 2.57 bits per heavy atom. The van der Waals surface area contributed by atoms with Gasteiger partial charge >= 0.3 is 0 Å². The molecule has 8 heteroatoms. The molecule has 1 saturated heterocycles. The number of carbonyl (C=O) groups is 2. The number of benzene rings is 2. The smallest absolute Gasteiger partial charge is 0.231 e. The van der Waals surface area contributed by atoms with Crippen molar-refractivity contribution in [1.82, 2.24) is 4.98 Å². The summed E-state index contributed by atoms with van der Waals surface area (Å²) in [5.74, 6) is 0.0198. The van der Waals surface area contributed by atoms with Crippen molar-refractivity contribution in [2.24, 2.45) is 5.92 Å². The van der Waals surface area contributed by atoms with Crippen LogP contribution in [-0.4, -0.2) is 30.5 Å². The van der Waals surface area contributed by atoms with Gasteiger partial charge in [0.1, 0.15) is 5.75 Å². The van der Waals surface area contributed by atoms with E-state index in [9.17, 15) is 9.59 Å². The largest absolute Gasteiger partial charge is 0.497 e. The van der Waals surface area contributed by atoms with E-state index in [0.717, 1.165) is 27.6 Å². The third-order valence-corrected chi connectivity index (χ3v) is 6.16. The number of nitrogens with one attached hydrogen (secondary N) is 1. The fourth-order valence-corrected chi connectivity index (χ4v) is 4.39. The van der Waals surface area contributed by atoms with Gasteiger partial charge in [-0.05, 0) is 43.3 Å². The van der Waals surface area contributed by atoms with Crippen molar-refractivity contribution in [3.05, 3.63) is 58.4 Å². The molecule has 0 spiro atoms. The molecule has 6 nitrogen and oxygen atoms in total. The number of ether oxygens (including phenoxy) is 1. The predicted molar refractivity (Wildman–Crippen MR) is 119 cm³/mol. The minimum Gasteiger partial charge on any atom is -0.497 e. The Morgan fingerprint density at radius 2 is 1.90 bits per heavy atom. The molecule has 30 heavy (non-hydrogen) atoms. The molecular formula is C22H20ClN3O3S. The molecular weight excluding hydrogens is 422 g/mol. The number of halogens is 1. The van der Waals surface area contributed by atoms with Crippen LogP contribution in [0.5, 0.6) is 5.75 Å². The van der Waals surface area contributed by atoms with Crippen LogP contribution < -0.4 is 15.0 Å². The van der Waals surface area contributed by atoms with Gasteiger partial charge in [0, 0.05) is 34.1 Å². The molecule has 2 heterocycles. The lowest BCUT2D eigenvalue weighted by Crippen LogP contribution is -2.28. The maximum Gasteiger partial charge on any atom is 0.231 e. The highest BCUT2D eigenvalue weighted by Crippen LogP contribution is 2.32. The van der Waals surface area contributed by atoms with Gasteiger partial charge in [-0.15, -0.1) is 11.3 Å². The summed E-state index contributed by atoms with van der Waals surface area (Å²) in [5.41, 5.74) is 2.51. The summed E-state index contributed by atoms with van der Waals surface area (Å²) < 4.78 is 5.15. The molecule has 2 aromatic carbocycles. The summed E-state index contributed by atoms with van der Waals surface area (Å²) in [6.07, 6.45) is 0.173. The summed E-state index contributed by atoms with van der Waals surface area (Å²) in [6, 6.07) is 14.7. The summed E-state index contributed by atoms with van der Waals surface area (Å²) in [6.45, 7) is 2.30. The van der Waals surface area contributed by atoms with Gasteiger partial charge in [0.15, 0.2) is 5.13 Å². The number of methoxy groups -OCH3 is 1. The normalized spacial score (nSPS) is 16.0. The Morgan fingerprint density at radius 1 is 1.20 bits per heavy atom. The number of aromatic nitrogens is 1. The van der Waals surface area contributed by atoms with Gasteiger partial charge in [0.05, 0.1) is 18.7 Å². The van der Waals surface area contributed by atoms with Crippen LogP contribution in [0.25, 0.3) is 11.3 Å². The minimum atomic E-state index is -0.428. The van der Waals surface area contributed by atoms with Crippen LogP contribution in [0.15, 0.2) is 48.5 Å². The van der Waals surface area contributed by atoms with Crippen LogP contribution in [0.3, 0.4) is 0 Å². The number of anilines is 2. The number of amides is 2. The monoisotopic (exact) mass is 441 g/mol. The van der Waals surface area contributed by atoms with Crippen LogP contribution in [0.4, 0.5) is 10.8 Å². The molecule has 2 amide bonds. The number of nitrogens with zero attached hydrogens (tertiary/aromatic N) is 2. The Bertz CT molecular complexity index is 1080. The highest BCUT2D eigenvalue weighted by atomic mass is 35.5. The van der Waals surface area contributed by atoms with E-state index in [1.54, 1.807) is 24.1 Å². The van der Waals surface area contributed by atoms with Crippen molar-refractivity contribution in [2.45, 2.75) is 13.3 Å². The van der Waals surface area contributed by atoms with Crippen LogP contribution in [-0.2, 0) is 9.59 Å². The van der Waals surface area contributed by atoms with Crippen molar-refractivity contribution in [3.63, 3.8) is 0 Å². The van der Waals surface area contributed by atoms with E-state index in [1.165, 1.54) is 11.3 Å². The van der Waals surface area contributed by atoms with Crippen molar-refractivity contribution >= 4 is 45.6 Å². The lowest BCUT2D eigenvalue weighted by atomic mass is 10.1. The molecule has 1 fully saturated rings. The van der Waals surface area contributed by atoms with Crippen molar-refractivity contribution in [3.8, 4) is 17.0 Å². The minimum absolute atomic E-state index is 0.0718. The molecule has 0 bridgehead atoms. The maximum absolute atomic E-state index is 12.8. The van der Waals surface area contributed by atoms with Crippen LogP contribution >= 0.6 is 22.9 Å². The van der Waals surface area contributed by atoms with E-state index in [1.807, 2.05) is 43.3 Å². The van der Waals surface area contributed by atoms with E-state index in [-0.39, 0.29) is 18.2 Å². The molecule has 1 N–H and O–H groups in total. The van der Waals surface area contributed by atoms with Gasteiger partial charge in [0.25, 0.3) is 0 Å². The van der Waals surface area contributed by atoms with Gasteiger partial charge in [-0.2, -0.15) is 0 Å². The van der Waals surface area contributed by atoms with Crippen molar-refractivity contribution in [2.75, 3.05) is 23.9 Å². The standard InChI is InChI=1S/C22H20ClN3O3S/c1-13-20(14-3-5-16(23)6-4-14)24-22(30-13)25-21(28)15-11-19(27)26(12-15)17-7-9-18(29-2)10-8-17/h3-10,15H,11-12H2,1-2H3,(H,24,25,28)/t15-/m1/s1. The van der Waals surface area contributed by atoms with E-state index >= 15 is 0 Å². The van der Waals surface area contributed by atoms with E-state index in [4.69, 9.17) is 16.3 Å². The second-order valence-corrected chi connectivity index (χ2v) is 8.66. The average molecular weight is 442 g/mol. The molecule has 0 unspecified atom stereocenters. The molecule has 1 aliphatic rings. The number of rotatable bonds is 5. The number of thiazole rings is 1. The number of aryl methyl sites for hydroxylation is 1. The molecule has 4 rings (SSSR count). The first-order valence-corrected chi connectivity index (χ1v) is 10.6. The highest BCUT2D eigenvalue weighted by Gasteiger charge is 2.35. The summed E-state index contributed by atoms with van der Waals surface area (Å²) >= 11 is 7.37. The van der Waals surface area contributed by atoms with Gasteiger partial charge < -0.3 is 15.0 Å². The summed E-state index contributed by atoms with van der Waals surface area (Å²) in [5, 5.41) is 4.07. The quantitative estimate of drug-likeness (QED) is 0.619. The van der Waals surface area contributed by atoms with Crippen LogP contribution in [0, 0.1) is 12.8 Å². The molecule has 1 aliphatic heterocycles. The van der Waals surface area contributed by atoms with Gasteiger partial charge in [-0.1, -0.05) is 23.7 Å². The fraction of sp³-hybridized carbons (Fsp3) is 0.227. The van der Waals surface area contributed by atoms with Gasteiger partial charge in [-0.3, -0.25) is 9.59 Å². The second-order valence-electron chi connectivity index (χ2n) is 7.02. The lowest BCUT2D eigenvalue weighted by molar-refractivity contribution is -0.122. The third-order valence-electron chi connectivity index (χ3n) is 5.02. The van der Waals surface area contributed by atoms with Crippen LogP contribution in [0.2, 0.25) is 5.02 Å². The number of hydrogen-bond donors (Lipinski definition) is 1. The zero-order valence-corrected chi connectivity index (χ0v) is 18.1.